The minimum absolute atomic E-state index is 0.237. The Morgan fingerprint density at radius 2 is 2.33 bits per heavy atom. The summed E-state index contributed by atoms with van der Waals surface area (Å²) in [4.78, 5) is 10.9. The Bertz CT molecular complexity index is 190. The third-order valence-electron chi connectivity index (χ3n) is 1.43. The van der Waals surface area contributed by atoms with Crippen molar-refractivity contribution < 1.29 is 9.53 Å². The molecule has 0 aromatic carbocycles. The van der Waals surface area contributed by atoms with Gasteiger partial charge in [-0.1, -0.05) is 0 Å². The Labute approximate surface area is 73.5 Å². The average Bonchev–Trinajstić information content (AvgIpc) is 2.10. The highest BCUT2D eigenvalue weighted by atomic mass is 16.5. The van der Waals surface area contributed by atoms with Gasteiger partial charge in [0, 0.05) is 13.0 Å². The van der Waals surface area contributed by atoms with E-state index in [0.29, 0.717) is 0 Å². The monoisotopic (exact) mass is 169 g/mol. The van der Waals surface area contributed by atoms with Crippen LogP contribution in [0.5, 0.6) is 0 Å². The number of carbonyl (C=O) groups is 1. The van der Waals surface area contributed by atoms with Crippen LogP contribution in [0.3, 0.4) is 0 Å². The zero-order valence-electron chi connectivity index (χ0n) is 7.81. The van der Waals surface area contributed by atoms with Crippen LogP contribution in [0.15, 0.2) is 0 Å². The number of hydrogen-bond donors (Lipinski definition) is 1. The van der Waals surface area contributed by atoms with Crippen LogP contribution < -0.4 is 5.32 Å². The molecule has 0 radical (unpaired) electrons. The van der Waals surface area contributed by atoms with E-state index >= 15 is 0 Å². The molecule has 0 aromatic rings. The fourth-order valence-corrected chi connectivity index (χ4v) is 0.736. The quantitative estimate of drug-likeness (QED) is 0.379. The molecule has 1 unspecified atom stereocenters. The SMILES string of the molecule is CC#CCCNC(C)C(=O)OC. The van der Waals surface area contributed by atoms with Gasteiger partial charge in [-0.2, -0.15) is 0 Å². The highest BCUT2D eigenvalue weighted by Gasteiger charge is 2.10. The van der Waals surface area contributed by atoms with Crippen molar-refractivity contribution in [2.24, 2.45) is 0 Å². The van der Waals surface area contributed by atoms with Gasteiger partial charge < -0.3 is 10.1 Å². The van der Waals surface area contributed by atoms with Gasteiger partial charge in [-0.25, -0.2) is 0 Å². The summed E-state index contributed by atoms with van der Waals surface area (Å²) in [5.74, 6) is 5.44. The Hall–Kier alpha value is -1.01. The van der Waals surface area contributed by atoms with Crippen molar-refractivity contribution in [3.05, 3.63) is 0 Å². The van der Waals surface area contributed by atoms with Crippen LogP contribution in [0.2, 0.25) is 0 Å². The molecule has 0 aliphatic rings. The summed E-state index contributed by atoms with van der Waals surface area (Å²) >= 11 is 0. The van der Waals surface area contributed by atoms with E-state index in [4.69, 9.17) is 0 Å². The number of hydrogen-bond acceptors (Lipinski definition) is 3. The molecule has 0 spiro atoms. The van der Waals surface area contributed by atoms with Gasteiger partial charge in [0.15, 0.2) is 0 Å². The second kappa shape index (κ2) is 6.68. The van der Waals surface area contributed by atoms with Crippen LogP contribution in [0.25, 0.3) is 0 Å². The molecule has 0 bridgehead atoms. The average molecular weight is 169 g/mol. The molecular formula is C9H15NO2. The molecule has 0 fully saturated rings. The number of carbonyl (C=O) groups excluding carboxylic acids is 1. The zero-order valence-corrected chi connectivity index (χ0v) is 7.81. The largest absolute Gasteiger partial charge is 0.468 e. The molecule has 0 aliphatic carbocycles. The highest BCUT2D eigenvalue weighted by molar-refractivity contribution is 5.75. The van der Waals surface area contributed by atoms with E-state index in [0.717, 1.165) is 13.0 Å². The van der Waals surface area contributed by atoms with Crippen LogP contribution in [0.4, 0.5) is 0 Å². The van der Waals surface area contributed by atoms with Crippen LogP contribution in [0.1, 0.15) is 20.3 Å². The first-order chi connectivity index (χ1) is 5.72. The van der Waals surface area contributed by atoms with Crippen molar-refractivity contribution >= 4 is 5.97 Å². The highest BCUT2D eigenvalue weighted by Crippen LogP contribution is 1.85. The van der Waals surface area contributed by atoms with Crippen molar-refractivity contribution in [2.45, 2.75) is 26.3 Å². The molecule has 1 atom stereocenters. The number of ether oxygens (including phenoxy) is 1. The van der Waals surface area contributed by atoms with Crippen LogP contribution >= 0.6 is 0 Å². The molecule has 0 saturated heterocycles. The standard InChI is InChI=1S/C9H15NO2/c1-4-5-6-7-10-8(2)9(11)12-3/h8,10H,6-7H2,1-3H3. The Balaban J connectivity index is 3.47. The molecule has 0 aromatic heterocycles. The molecule has 0 aliphatic heterocycles. The fraction of sp³-hybridized carbons (Fsp3) is 0.667. The fourth-order valence-electron chi connectivity index (χ4n) is 0.736. The summed E-state index contributed by atoms with van der Waals surface area (Å²) in [6.07, 6.45) is 0.762. The number of esters is 1. The van der Waals surface area contributed by atoms with Crippen LogP contribution in [-0.4, -0.2) is 25.7 Å². The van der Waals surface area contributed by atoms with Crippen LogP contribution in [0, 0.1) is 11.8 Å². The number of methoxy groups -OCH3 is 1. The maximum atomic E-state index is 10.9. The zero-order chi connectivity index (χ0) is 9.40. The maximum Gasteiger partial charge on any atom is 0.322 e. The predicted octanol–water partition coefficient (Wildman–Crippen LogP) is 0.551. The minimum atomic E-state index is -0.242. The first-order valence-electron chi connectivity index (χ1n) is 3.93. The molecular weight excluding hydrogens is 154 g/mol. The first kappa shape index (κ1) is 11.0. The maximum absolute atomic E-state index is 10.9. The Morgan fingerprint density at radius 3 is 2.83 bits per heavy atom. The third-order valence-corrected chi connectivity index (χ3v) is 1.43. The molecule has 3 nitrogen and oxygen atoms in total. The van der Waals surface area contributed by atoms with E-state index in [2.05, 4.69) is 21.9 Å². The second-order valence-corrected chi connectivity index (χ2v) is 2.38. The van der Waals surface area contributed by atoms with E-state index < -0.39 is 0 Å². The summed E-state index contributed by atoms with van der Waals surface area (Å²) in [6.45, 7) is 4.28. The topological polar surface area (TPSA) is 38.3 Å². The summed E-state index contributed by atoms with van der Waals surface area (Å²) in [5, 5.41) is 2.99. The predicted molar refractivity (Wildman–Crippen MR) is 47.5 cm³/mol. The molecule has 0 rings (SSSR count). The van der Waals surface area contributed by atoms with E-state index in [1.54, 1.807) is 13.8 Å². The molecule has 3 heteroatoms. The van der Waals surface area contributed by atoms with Gasteiger partial charge in [0.1, 0.15) is 6.04 Å². The van der Waals surface area contributed by atoms with Crippen LogP contribution in [-0.2, 0) is 9.53 Å². The minimum Gasteiger partial charge on any atom is -0.468 e. The molecule has 0 heterocycles. The lowest BCUT2D eigenvalue weighted by Gasteiger charge is -2.09. The number of nitrogens with one attached hydrogen (secondary N) is 1. The van der Waals surface area contributed by atoms with E-state index in [-0.39, 0.29) is 12.0 Å². The van der Waals surface area contributed by atoms with Crippen molar-refractivity contribution in [1.82, 2.24) is 5.32 Å². The normalized spacial score (nSPS) is 11.2. The lowest BCUT2D eigenvalue weighted by Crippen LogP contribution is -2.35. The molecule has 0 saturated carbocycles. The van der Waals surface area contributed by atoms with E-state index in [9.17, 15) is 4.79 Å². The van der Waals surface area contributed by atoms with Gasteiger partial charge in [0.2, 0.25) is 0 Å². The lowest BCUT2D eigenvalue weighted by molar-refractivity contribution is -0.142. The smallest absolute Gasteiger partial charge is 0.322 e. The lowest BCUT2D eigenvalue weighted by atomic mass is 10.3. The Kier molecular flexibility index (Phi) is 6.12. The summed E-state index contributed by atoms with van der Waals surface area (Å²) in [7, 11) is 1.38. The third kappa shape index (κ3) is 4.75. The van der Waals surface area contributed by atoms with Gasteiger partial charge in [0.05, 0.1) is 7.11 Å². The van der Waals surface area contributed by atoms with Gasteiger partial charge in [-0.3, -0.25) is 4.79 Å². The number of rotatable bonds is 4. The van der Waals surface area contributed by atoms with Crippen molar-refractivity contribution in [2.75, 3.05) is 13.7 Å². The van der Waals surface area contributed by atoms with Crippen molar-refractivity contribution in [3.8, 4) is 11.8 Å². The summed E-state index contributed by atoms with van der Waals surface area (Å²) in [5.41, 5.74) is 0. The molecule has 68 valence electrons. The van der Waals surface area contributed by atoms with Crippen molar-refractivity contribution in [3.63, 3.8) is 0 Å². The summed E-state index contributed by atoms with van der Waals surface area (Å²) in [6, 6.07) is -0.242. The molecule has 1 N–H and O–H groups in total. The van der Waals surface area contributed by atoms with Crippen molar-refractivity contribution in [1.29, 1.82) is 0 Å². The second-order valence-electron chi connectivity index (χ2n) is 2.38. The summed E-state index contributed by atoms with van der Waals surface area (Å²) < 4.78 is 4.53. The van der Waals surface area contributed by atoms with Gasteiger partial charge in [-0.05, 0) is 13.8 Å². The Morgan fingerprint density at radius 1 is 1.67 bits per heavy atom. The molecule has 0 amide bonds. The van der Waals surface area contributed by atoms with E-state index in [1.165, 1.54) is 7.11 Å². The van der Waals surface area contributed by atoms with Gasteiger partial charge >= 0.3 is 5.97 Å². The molecule has 12 heavy (non-hydrogen) atoms. The van der Waals surface area contributed by atoms with Gasteiger partial charge in [0.25, 0.3) is 0 Å². The van der Waals surface area contributed by atoms with E-state index in [1.807, 2.05) is 0 Å². The van der Waals surface area contributed by atoms with Gasteiger partial charge in [-0.15, -0.1) is 11.8 Å². The first-order valence-corrected chi connectivity index (χ1v) is 3.93.